The maximum Gasteiger partial charge on any atom is 0.259 e. The van der Waals surface area contributed by atoms with Crippen molar-refractivity contribution in [1.82, 2.24) is 14.7 Å². The normalized spacial score (nSPS) is 16.6. The summed E-state index contributed by atoms with van der Waals surface area (Å²) in [6.07, 6.45) is 3.26. The second-order valence-electron chi connectivity index (χ2n) is 7.73. The molecule has 1 saturated heterocycles. The van der Waals surface area contributed by atoms with Crippen LogP contribution in [-0.4, -0.2) is 40.8 Å². The van der Waals surface area contributed by atoms with Crippen molar-refractivity contribution in [2.24, 2.45) is 7.05 Å². The second-order valence-corrected chi connectivity index (χ2v) is 8.14. The number of methoxy groups -OCH3 is 1. The van der Waals surface area contributed by atoms with E-state index in [1.54, 1.807) is 25.3 Å². The van der Waals surface area contributed by atoms with Crippen LogP contribution in [0.1, 0.15) is 28.8 Å². The predicted octanol–water partition coefficient (Wildman–Crippen LogP) is 4.27. The summed E-state index contributed by atoms with van der Waals surface area (Å²) >= 11 is 6.33. The number of hydrogen-bond donors (Lipinski definition) is 0. The lowest BCUT2D eigenvalue weighted by molar-refractivity contribution is -0.00178. The number of rotatable bonds is 2. The molecule has 2 aliphatic rings. The Balaban J connectivity index is 1.45. The van der Waals surface area contributed by atoms with Gasteiger partial charge in [0.1, 0.15) is 22.7 Å². The Kier molecular flexibility index (Phi) is 4.47. The number of amides is 1. The highest BCUT2D eigenvalue weighted by Gasteiger charge is 2.46. The SMILES string of the molecule is COc1cccc(Cl)c1C(=O)N1CCC2(CC1)Oc1ccccc1-c1c2cnn1C. The van der Waals surface area contributed by atoms with Gasteiger partial charge in [0.15, 0.2) is 0 Å². The number of nitrogens with zero attached hydrogens (tertiary/aromatic N) is 3. The van der Waals surface area contributed by atoms with E-state index in [2.05, 4.69) is 11.2 Å². The first-order valence-corrected chi connectivity index (χ1v) is 10.3. The molecule has 1 aromatic heterocycles. The zero-order chi connectivity index (χ0) is 20.9. The molecule has 3 heterocycles. The number of fused-ring (bicyclic) bond motifs is 4. The Morgan fingerprint density at radius 3 is 2.70 bits per heavy atom. The Hall–Kier alpha value is -2.99. The lowest BCUT2D eigenvalue weighted by Crippen LogP contribution is -2.49. The molecule has 0 N–H and O–H groups in total. The van der Waals surface area contributed by atoms with Crippen molar-refractivity contribution >= 4 is 17.5 Å². The highest BCUT2D eigenvalue weighted by molar-refractivity contribution is 6.34. The number of carbonyl (C=O) groups is 1. The van der Waals surface area contributed by atoms with Crippen LogP contribution in [0, 0.1) is 0 Å². The van der Waals surface area contributed by atoms with Gasteiger partial charge < -0.3 is 14.4 Å². The molecule has 0 radical (unpaired) electrons. The highest BCUT2D eigenvalue weighted by atomic mass is 35.5. The van der Waals surface area contributed by atoms with E-state index in [0.29, 0.717) is 42.3 Å². The molecule has 6 nitrogen and oxygen atoms in total. The molecule has 30 heavy (non-hydrogen) atoms. The highest BCUT2D eigenvalue weighted by Crippen LogP contribution is 2.49. The first-order chi connectivity index (χ1) is 14.5. The minimum absolute atomic E-state index is 0.116. The van der Waals surface area contributed by atoms with Gasteiger partial charge in [0.25, 0.3) is 5.91 Å². The molecule has 0 saturated carbocycles. The second kappa shape index (κ2) is 7.06. The number of likely N-dealkylation sites (tertiary alicyclic amines) is 1. The van der Waals surface area contributed by atoms with Crippen LogP contribution in [0.4, 0.5) is 0 Å². The van der Waals surface area contributed by atoms with Crippen LogP contribution in [0.5, 0.6) is 11.5 Å². The van der Waals surface area contributed by atoms with Gasteiger partial charge in [-0.3, -0.25) is 9.48 Å². The zero-order valence-electron chi connectivity index (χ0n) is 16.9. The fourth-order valence-corrected chi connectivity index (χ4v) is 4.84. The van der Waals surface area contributed by atoms with Gasteiger partial charge in [0, 0.05) is 44.1 Å². The van der Waals surface area contributed by atoms with E-state index < -0.39 is 5.60 Å². The van der Waals surface area contributed by atoms with E-state index in [0.717, 1.165) is 22.6 Å². The molecule has 0 aliphatic carbocycles. The van der Waals surface area contributed by atoms with Crippen LogP contribution in [0.2, 0.25) is 5.02 Å². The Labute approximate surface area is 180 Å². The van der Waals surface area contributed by atoms with Crippen molar-refractivity contribution in [2.75, 3.05) is 20.2 Å². The summed E-state index contributed by atoms with van der Waals surface area (Å²) in [6.45, 7) is 1.12. The molecule has 0 bridgehead atoms. The molecule has 1 amide bonds. The Bertz CT molecular complexity index is 1130. The van der Waals surface area contributed by atoms with Gasteiger partial charge in [0.05, 0.1) is 24.0 Å². The first kappa shape index (κ1) is 19.0. The third-order valence-corrected chi connectivity index (χ3v) is 6.46. The zero-order valence-corrected chi connectivity index (χ0v) is 17.6. The molecule has 0 unspecified atom stereocenters. The van der Waals surface area contributed by atoms with Crippen LogP contribution in [0.25, 0.3) is 11.3 Å². The molecule has 3 aromatic rings. The standard InChI is InChI=1S/C23H22ClN3O3/c1-26-21-15-6-3-4-8-18(15)30-23(16(21)14-25-26)10-12-27(13-11-23)22(28)20-17(24)7-5-9-19(20)29-2/h3-9,14H,10-13H2,1-2H3. The minimum atomic E-state index is -0.487. The van der Waals surface area contributed by atoms with Gasteiger partial charge in [-0.25, -0.2) is 0 Å². The van der Waals surface area contributed by atoms with Crippen molar-refractivity contribution < 1.29 is 14.3 Å². The molecule has 0 atom stereocenters. The fourth-order valence-electron chi connectivity index (χ4n) is 4.59. The van der Waals surface area contributed by atoms with Gasteiger partial charge in [-0.15, -0.1) is 0 Å². The van der Waals surface area contributed by atoms with Crippen LogP contribution in [0.3, 0.4) is 0 Å². The summed E-state index contributed by atoms with van der Waals surface area (Å²) in [5, 5.41) is 4.90. The summed E-state index contributed by atoms with van der Waals surface area (Å²) < 4.78 is 13.8. The summed E-state index contributed by atoms with van der Waals surface area (Å²) in [6, 6.07) is 13.3. The third-order valence-electron chi connectivity index (χ3n) is 6.14. The van der Waals surface area contributed by atoms with E-state index in [4.69, 9.17) is 21.1 Å². The van der Waals surface area contributed by atoms with E-state index in [1.165, 1.54) is 0 Å². The lowest BCUT2D eigenvalue weighted by Gasteiger charge is -2.44. The van der Waals surface area contributed by atoms with Crippen molar-refractivity contribution in [3.63, 3.8) is 0 Å². The minimum Gasteiger partial charge on any atom is -0.496 e. The van der Waals surface area contributed by atoms with E-state index in [-0.39, 0.29) is 5.91 Å². The number of para-hydroxylation sites is 1. The van der Waals surface area contributed by atoms with Crippen LogP contribution < -0.4 is 9.47 Å². The van der Waals surface area contributed by atoms with Gasteiger partial charge in [-0.2, -0.15) is 5.10 Å². The Morgan fingerprint density at radius 1 is 1.17 bits per heavy atom. The van der Waals surface area contributed by atoms with Gasteiger partial charge >= 0.3 is 0 Å². The molecular weight excluding hydrogens is 402 g/mol. The molecule has 5 rings (SSSR count). The Morgan fingerprint density at radius 2 is 1.93 bits per heavy atom. The first-order valence-electron chi connectivity index (χ1n) is 9.97. The average molecular weight is 424 g/mol. The number of carbonyl (C=O) groups excluding carboxylic acids is 1. The van der Waals surface area contributed by atoms with Gasteiger partial charge in [-0.1, -0.05) is 29.8 Å². The van der Waals surface area contributed by atoms with Crippen LogP contribution >= 0.6 is 11.6 Å². The topological polar surface area (TPSA) is 56.6 Å². The summed E-state index contributed by atoms with van der Waals surface area (Å²) in [5.74, 6) is 1.24. The number of benzene rings is 2. The number of halogens is 1. The molecular formula is C23H22ClN3O3. The maximum absolute atomic E-state index is 13.2. The smallest absolute Gasteiger partial charge is 0.259 e. The number of aryl methyl sites for hydroxylation is 1. The van der Waals surface area contributed by atoms with Crippen LogP contribution in [0.15, 0.2) is 48.7 Å². The predicted molar refractivity (Wildman–Crippen MR) is 114 cm³/mol. The fraction of sp³-hybridized carbons (Fsp3) is 0.304. The number of ether oxygens (including phenoxy) is 2. The molecule has 154 valence electrons. The lowest BCUT2D eigenvalue weighted by atomic mass is 9.81. The largest absolute Gasteiger partial charge is 0.496 e. The van der Waals surface area contributed by atoms with E-state index in [1.807, 2.05) is 41.0 Å². The third kappa shape index (κ3) is 2.78. The number of hydrogen-bond acceptors (Lipinski definition) is 4. The number of piperidine rings is 1. The van der Waals surface area contributed by atoms with Crippen molar-refractivity contribution in [3.05, 3.63) is 64.8 Å². The molecule has 1 fully saturated rings. The summed E-state index contributed by atoms with van der Waals surface area (Å²) in [5.41, 5.74) is 3.15. The van der Waals surface area contributed by atoms with Gasteiger partial charge in [0.2, 0.25) is 0 Å². The average Bonchev–Trinajstić information content (AvgIpc) is 3.16. The van der Waals surface area contributed by atoms with E-state index in [9.17, 15) is 4.79 Å². The molecule has 1 spiro atoms. The summed E-state index contributed by atoms with van der Waals surface area (Å²) in [7, 11) is 3.50. The molecule has 7 heteroatoms. The maximum atomic E-state index is 13.2. The van der Waals surface area contributed by atoms with Crippen molar-refractivity contribution in [2.45, 2.75) is 18.4 Å². The quantitative estimate of drug-likeness (QED) is 0.617. The van der Waals surface area contributed by atoms with Crippen molar-refractivity contribution in [1.29, 1.82) is 0 Å². The summed E-state index contributed by atoms with van der Waals surface area (Å²) in [4.78, 5) is 15.1. The number of aromatic nitrogens is 2. The van der Waals surface area contributed by atoms with Crippen molar-refractivity contribution in [3.8, 4) is 22.8 Å². The molecule has 2 aliphatic heterocycles. The molecule has 2 aromatic carbocycles. The van der Waals surface area contributed by atoms with Gasteiger partial charge in [-0.05, 0) is 24.3 Å². The monoisotopic (exact) mass is 423 g/mol. The van der Waals surface area contributed by atoms with E-state index >= 15 is 0 Å². The van der Waals surface area contributed by atoms with Crippen LogP contribution in [-0.2, 0) is 12.6 Å².